The summed E-state index contributed by atoms with van der Waals surface area (Å²) >= 11 is 0. The summed E-state index contributed by atoms with van der Waals surface area (Å²) in [7, 11) is -3.29. The lowest BCUT2D eigenvalue weighted by atomic mass is 10.2. The Morgan fingerprint density at radius 1 is 1.48 bits per heavy atom. The smallest absolute Gasteiger partial charge is 0.326 e. The van der Waals surface area contributed by atoms with E-state index in [1.165, 1.54) is 4.68 Å². The van der Waals surface area contributed by atoms with Crippen molar-refractivity contribution in [2.75, 3.05) is 12.0 Å². The Bertz CT molecular complexity index is 635. The van der Waals surface area contributed by atoms with Crippen molar-refractivity contribution in [1.82, 2.24) is 15.1 Å². The molecule has 1 aromatic rings. The van der Waals surface area contributed by atoms with Crippen molar-refractivity contribution < 1.29 is 23.1 Å². The minimum absolute atomic E-state index is 0.181. The number of aryl methyl sites for hydroxylation is 2. The van der Waals surface area contributed by atoms with Gasteiger partial charge in [0, 0.05) is 12.8 Å². The van der Waals surface area contributed by atoms with Gasteiger partial charge in [0.2, 0.25) is 0 Å². The third-order valence-corrected chi connectivity index (χ3v) is 3.79. The molecule has 9 heteroatoms. The highest BCUT2D eigenvalue weighted by atomic mass is 32.2. The fourth-order valence-electron chi connectivity index (χ4n) is 1.79. The molecule has 1 rings (SSSR count). The zero-order valence-corrected chi connectivity index (χ0v) is 13.0. The molecule has 0 spiro atoms. The number of sulfone groups is 1. The van der Waals surface area contributed by atoms with Crippen LogP contribution in [-0.2, 0) is 21.2 Å². The number of rotatable bonds is 7. The molecule has 118 valence electrons. The molecule has 0 aliphatic heterocycles. The van der Waals surface area contributed by atoms with Crippen molar-refractivity contribution in [3.8, 4) is 0 Å². The van der Waals surface area contributed by atoms with Crippen LogP contribution >= 0.6 is 0 Å². The quantitative estimate of drug-likeness (QED) is 0.720. The zero-order valence-electron chi connectivity index (χ0n) is 12.2. The van der Waals surface area contributed by atoms with Crippen molar-refractivity contribution in [2.24, 2.45) is 0 Å². The summed E-state index contributed by atoms with van der Waals surface area (Å²) in [6, 6.07) is 0.293. The minimum atomic E-state index is -3.29. The maximum absolute atomic E-state index is 12.1. The summed E-state index contributed by atoms with van der Waals surface area (Å²) in [5, 5.41) is 15.5. The Kier molecular flexibility index (Phi) is 5.47. The van der Waals surface area contributed by atoms with E-state index in [0.29, 0.717) is 12.2 Å². The lowest BCUT2D eigenvalue weighted by Gasteiger charge is -2.14. The van der Waals surface area contributed by atoms with Gasteiger partial charge in [-0.05, 0) is 26.3 Å². The number of amides is 1. The van der Waals surface area contributed by atoms with Crippen LogP contribution in [0.3, 0.4) is 0 Å². The van der Waals surface area contributed by atoms with Crippen LogP contribution in [0.1, 0.15) is 29.5 Å². The first kappa shape index (κ1) is 17.2. The molecule has 1 amide bonds. The molecule has 2 N–H and O–H groups in total. The summed E-state index contributed by atoms with van der Waals surface area (Å²) in [6.07, 6.45) is 0.836. The van der Waals surface area contributed by atoms with Gasteiger partial charge in [-0.25, -0.2) is 13.2 Å². The minimum Gasteiger partial charge on any atom is -0.480 e. The number of carboxylic acid groups (broad SMARTS) is 1. The predicted octanol–water partition coefficient (Wildman–Crippen LogP) is -0.171. The van der Waals surface area contributed by atoms with Gasteiger partial charge >= 0.3 is 5.97 Å². The van der Waals surface area contributed by atoms with Crippen molar-refractivity contribution >= 4 is 21.7 Å². The molecular formula is C12H19N3O5S. The Balaban J connectivity index is 2.83. The van der Waals surface area contributed by atoms with E-state index in [1.54, 1.807) is 13.0 Å². The second kappa shape index (κ2) is 6.70. The Morgan fingerprint density at radius 2 is 2.10 bits per heavy atom. The first-order valence-corrected chi connectivity index (χ1v) is 8.46. The van der Waals surface area contributed by atoms with Crippen LogP contribution in [-0.4, -0.2) is 53.2 Å². The Hall–Kier alpha value is -1.90. The number of hydrogen-bond acceptors (Lipinski definition) is 5. The summed E-state index contributed by atoms with van der Waals surface area (Å²) in [4.78, 5) is 23.2. The van der Waals surface area contributed by atoms with Gasteiger partial charge in [0.1, 0.15) is 21.6 Å². The van der Waals surface area contributed by atoms with Gasteiger partial charge < -0.3 is 10.4 Å². The van der Waals surface area contributed by atoms with E-state index in [0.717, 1.165) is 6.26 Å². The first-order valence-electron chi connectivity index (χ1n) is 6.40. The number of carboxylic acids is 1. The average Bonchev–Trinajstić information content (AvgIpc) is 2.74. The molecule has 0 aromatic carbocycles. The molecule has 0 fully saturated rings. The number of hydrogen-bond donors (Lipinski definition) is 2. The summed E-state index contributed by atoms with van der Waals surface area (Å²) < 4.78 is 23.7. The third-order valence-electron chi connectivity index (χ3n) is 2.82. The highest BCUT2D eigenvalue weighted by Gasteiger charge is 2.24. The first-order chi connectivity index (χ1) is 9.64. The third kappa shape index (κ3) is 5.18. The Morgan fingerprint density at radius 3 is 2.57 bits per heavy atom. The highest BCUT2D eigenvalue weighted by molar-refractivity contribution is 7.90. The Labute approximate surface area is 123 Å². The van der Waals surface area contributed by atoms with Gasteiger partial charge in [-0.2, -0.15) is 5.10 Å². The van der Waals surface area contributed by atoms with Gasteiger partial charge in [0.25, 0.3) is 5.91 Å². The molecule has 0 saturated carbocycles. The number of aliphatic carboxylic acids is 1. The van der Waals surface area contributed by atoms with Gasteiger partial charge in [0.05, 0.1) is 11.4 Å². The van der Waals surface area contributed by atoms with Crippen LogP contribution < -0.4 is 5.32 Å². The summed E-state index contributed by atoms with van der Waals surface area (Å²) in [6.45, 7) is 4.00. The molecule has 21 heavy (non-hydrogen) atoms. The van der Waals surface area contributed by atoms with Gasteiger partial charge in [-0.3, -0.25) is 9.48 Å². The van der Waals surface area contributed by atoms with Crippen LogP contribution in [0.25, 0.3) is 0 Å². The van der Waals surface area contributed by atoms with Crippen LogP contribution in [0.4, 0.5) is 0 Å². The molecular weight excluding hydrogens is 298 g/mol. The van der Waals surface area contributed by atoms with E-state index in [4.69, 9.17) is 5.11 Å². The van der Waals surface area contributed by atoms with Gasteiger partial charge in [-0.15, -0.1) is 0 Å². The normalized spacial score (nSPS) is 12.9. The fraction of sp³-hybridized carbons (Fsp3) is 0.583. The van der Waals surface area contributed by atoms with E-state index < -0.39 is 27.8 Å². The highest BCUT2D eigenvalue weighted by Crippen LogP contribution is 2.05. The second-order valence-electron chi connectivity index (χ2n) is 4.77. The molecule has 0 aliphatic rings. The molecule has 1 aromatic heterocycles. The van der Waals surface area contributed by atoms with E-state index in [1.807, 2.05) is 6.92 Å². The van der Waals surface area contributed by atoms with Crippen LogP contribution in [0.5, 0.6) is 0 Å². The van der Waals surface area contributed by atoms with Gasteiger partial charge in [-0.1, -0.05) is 0 Å². The van der Waals surface area contributed by atoms with Crippen LogP contribution in [0.15, 0.2) is 6.07 Å². The number of carbonyl (C=O) groups is 2. The van der Waals surface area contributed by atoms with Crippen LogP contribution in [0.2, 0.25) is 0 Å². The van der Waals surface area contributed by atoms with E-state index in [2.05, 4.69) is 10.4 Å². The molecule has 8 nitrogen and oxygen atoms in total. The molecule has 0 bridgehead atoms. The molecule has 1 unspecified atom stereocenters. The van der Waals surface area contributed by atoms with Crippen molar-refractivity contribution in [3.63, 3.8) is 0 Å². The standard InChI is InChI=1S/C12H19N3O5S/c1-4-15-10(7-8(2)14-15)11(16)13-9(12(17)18)5-6-21(3,19)20/h7,9H,4-6H2,1-3H3,(H,13,16)(H,17,18). The van der Waals surface area contributed by atoms with Gasteiger partial charge in [0.15, 0.2) is 0 Å². The van der Waals surface area contributed by atoms with Crippen LogP contribution in [0, 0.1) is 6.92 Å². The maximum Gasteiger partial charge on any atom is 0.326 e. The monoisotopic (exact) mass is 317 g/mol. The van der Waals surface area contributed by atoms with E-state index in [9.17, 15) is 18.0 Å². The summed E-state index contributed by atoms with van der Waals surface area (Å²) in [5.74, 6) is -2.17. The SMILES string of the molecule is CCn1nc(C)cc1C(=O)NC(CCS(C)(=O)=O)C(=O)O. The maximum atomic E-state index is 12.1. The molecule has 0 saturated heterocycles. The average molecular weight is 317 g/mol. The fourth-order valence-corrected chi connectivity index (χ4v) is 2.45. The molecule has 1 heterocycles. The molecule has 0 radical (unpaired) electrons. The lowest BCUT2D eigenvalue weighted by molar-refractivity contribution is -0.139. The summed E-state index contributed by atoms with van der Waals surface area (Å²) in [5.41, 5.74) is 0.894. The van der Waals surface area contributed by atoms with E-state index >= 15 is 0 Å². The van der Waals surface area contributed by atoms with Crippen molar-refractivity contribution in [2.45, 2.75) is 32.9 Å². The number of nitrogens with zero attached hydrogens (tertiary/aromatic N) is 2. The topological polar surface area (TPSA) is 118 Å². The predicted molar refractivity (Wildman–Crippen MR) is 75.9 cm³/mol. The largest absolute Gasteiger partial charge is 0.480 e. The number of nitrogens with one attached hydrogen (secondary N) is 1. The second-order valence-corrected chi connectivity index (χ2v) is 7.03. The molecule has 1 atom stereocenters. The van der Waals surface area contributed by atoms with E-state index in [-0.39, 0.29) is 17.9 Å². The van der Waals surface area contributed by atoms with Crippen molar-refractivity contribution in [3.05, 3.63) is 17.5 Å². The molecule has 0 aliphatic carbocycles. The number of aromatic nitrogens is 2. The zero-order chi connectivity index (χ0) is 16.2. The lowest BCUT2D eigenvalue weighted by Crippen LogP contribution is -2.42. The number of carbonyl (C=O) groups excluding carboxylic acids is 1. The van der Waals surface area contributed by atoms with Crippen molar-refractivity contribution in [1.29, 1.82) is 0 Å².